The minimum atomic E-state index is -0.895. The predicted octanol–water partition coefficient (Wildman–Crippen LogP) is 1.87. The van der Waals surface area contributed by atoms with E-state index in [1.165, 1.54) is 0 Å². The zero-order valence-corrected chi connectivity index (χ0v) is 10.6. The van der Waals surface area contributed by atoms with E-state index in [1.54, 1.807) is 11.8 Å². The first-order chi connectivity index (χ1) is 8.23. The molecule has 0 heterocycles. The van der Waals surface area contributed by atoms with E-state index in [1.807, 2.05) is 30.3 Å². The van der Waals surface area contributed by atoms with Crippen LogP contribution in [0.1, 0.15) is 18.4 Å². The second-order valence-electron chi connectivity index (χ2n) is 3.89. The number of nitrogens with zero attached hydrogens (tertiary/aromatic N) is 1. The standard InChI is InChI=1S/C13H18N2OS/c14-11-13(15,7-10-17-9-4-8-16)12-5-2-1-3-6-12/h1-3,5-6,16H,4,7-10,15H2. The summed E-state index contributed by atoms with van der Waals surface area (Å²) in [6.45, 7) is 0.220. The van der Waals surface area contributed by atoms with Crippen LogP contribution in [-0.4, -0.2) is 23.2 Å². The molecule has 0 saturated heterocycles. The van der Waals surface area contributed by atoms with Crippen molar-refractivity contribution in [1.82, 2.24) is 0 Å². The molecule has 0 radical (unpaired) electrons. The van der Waals surface area contributed by atoms with Gasteiger partial charge in [0.2, 0.25) is 0 Å². The molecule has 3 N–H and O–H groups in total. The summed E-state index contributed by atoms with van der Waals surface area (Å²) in [5.74, 6) is 1.74. The van der Waals surface area contributed by atoms with Crippen molar-refractivity contribution in [1.29, 1.82) is 5.26 Å². The van der Waals surface area contributed by atoms with Gasteiger partial charge in [0.05, 0.1) is 6.07 Å². The average Bonchev–Trinajstić information content (AvgIpc) is 2.39. The average molecular weight is 250 g/mol. The lowest BCUT2D eigenvalue weighted by atomic mass is 9.90. The molecule has 92 valence electrons. The molecule has 0 aliphatic rings. The van der Waals surface area contributed by atoms with Crippen molar-refractivity contribution in [3.63, 3.8) is 0 Å². The van der Waals surface area contributed by atoms with Crippen LogP contribution < -0.4 is 5.73 Å². The molecule has 0 aromatic heterocycles. The van der Waals surface area contributed by atoms with Gasteiger partial charge in [0.15, 0.2) is 0 Å². The summed E-state index contributed by atoms with van der Waals surface area (Å²) in [6, 6.07) is 11.7. The molecule has 0 aliphatic carbocycles. The minimum Gasteiger partial charge on any atom is -0.396 e. The zero-order valence-electron chi connectivity index (χ0n) is 9.80. The molecule has 1 aromatic rings. The van der Waals surface area contributed by atoms with Crippen LogP contribution in [0.3, 0.4) is 0 Å². The third kappa shape index (κ3) is 4.39. The summed E-state index contributed by atoms with van der Waals surface area (Å²) in [5.41, 5.74) is 6.08. The first-order valence-corrected chi connectivity index (χ1v) is 6.82. The number of nitriles is 1. The molecule has 1 unspecified atom stereocenters. The van der Waals surface area contributed by atoms with Gasteiger partial charge >= 0.3 is 0 Å². The molecule has 1 aromatic carbocycles. The molecule has 0 spiro atoms. The Morgan fingerprint density at radius 3 is 2.59 bits per heavy atom. The summed E-state index contributed by atoms with van der Waals surface area (Å²) in [7, 11) is 0. The normalized spacial score (nSPS) is 13.9. The van der Waals surface area contributed by atoms with Gasteiger partial charge in [-0.15, -0.1) is 0 Å². The number of nitrogens with two attached hydrogens (primary N) is 1. The van der Waals surface area contributed by atoms with Gasteiger partial charge in [0.1, 0.15) is 5.54 Å². The van der Waals surface area contributed by atoms with Crippen molar-refractivity contribution in [3.8, 4) is 6.07 Å². The highest BCUT2D eigenvalue weighted by Gasteiger charge is 2.26. The second-order valence-corrected chi connectivity index (χ2v) is 5.11. The summed E-state index contributed by atoms with van der Waals surface area (Å²) in [5, 5.41) is 17.9. The van der Waals surface area contributed by atoms with E-state index in [-0.39, 0.29) is 6.61 Å². The van der Waals surface area contributed by atoms with Gasteiger partial charge in [-0.25, -0.2) is 0 Å². The largest absolute Gasteiger partial charge is 0.396 e. The molecule has 17 heavy (non-hydrogen) atoms. The Bertz CT molecular complexity index is 363. The maximum atomic E-state index is 9.22. The van der Waals surface area contributed by atoms with Crippen molar-refractivity contribution in [2.24, 2.45) is 5.73 Å². The number of hydrogen-bond acceptors (Lipinski definition) is 4. The summed E-state index contributed by atoms with van der Waals surface area (Å²) in [6.07, 6.45) is 1.42. The van der Waals surface area contributed by atoms with Gasteiger partial charge in [0, 0.05) is 6.61 Å². The maximum Gasteiger partial charge on any atom is 0.130 e. The smallest absolute Gasteiger partial charge is 0.130 e. The third-order valence-corrected chi connectivity index (χ3v) is 3.65. The Kier molecular flexibility index (Phi) is 6.06. The lowest BCUT2D eigenvalue weighted by Gasteiger charge is -2.21. The van der Waals surface area contributed by atoms with E-state index in [0.29, 0.717) is 6.42 Å². The van der Waals surface area contributed by atoms with Crippen LogP contribution in [0.25, 0.3) is 0 Å². The van der Waals surface area contributed by atoms with Gasteiger partial charge in [-0.3, -0.25) is 0 Å². The van der Waals surface area contributed by atoms with E-state index >= 15 is 0 Å². The highest BCUT2D eigenvalue weighted by Crippen LogP contribution is 2.23. The fourth-order valence-electron chi connectivity index (χ4n) is 1.50. The SMILES string of the molecule is N#CC(N)(CCSCCCO)c1ccccc1. The number of hydrogen-bond donors (Lipinski definition) is 2. The second kappa shape index (κ2) is 7.33. The Morgan fingerprint density at radius 2 is 2.00 bits per heavy atom. The third-order valence-electron chi connectivity index (χ3n) is 2.58. The predicted molar refractivity (Wildman–Crippen MR) is 71.6 cm³/mol. The summed E-state index contributed by atoms with van der Waals surface area (Å²) >= 11 is 1.72. The van der Waals surface area contributed by atoms with Crippen molar-refractivity contribution in [2.75, 3.05) is 18.1 Å². The Morgan fingerprint density at radius 1 is 1.29 bits per heavy atom. The van der Waals surface area contributed by atoms with Crippen molar-refractivity contribution in [3.05, 3.63) is 35.9 Å². The first kappa shape index (κ1) is 14.0. The maximum absolute atomic E-state index is 9.22. The monoisotopic (exact) mass is 250 g/mol. The van der Waals surface area contributed by atoms with E-state index in [0.717, 1.165) is 23.5 Å². The van der Waals surface area contributed by atoms with E-state index in [9.17, 15) is 5.26 Å². The number of aliphatic hydroxyl groups excluding tert-OH is 1. The summed E-state index contributed by atoms with van der Waals surface area (Å²) in [4.78, 5) is 0. The number of aliphatic hydroxyl groups is 1. The van der Waals surface area contributed by atoms with Crippen molar-refractivity contribution in [2.45, 2.75) is 18.4 Å². The molecule has 1 rings (SSSR count). The minimum absolute atomic E-state index is 0.220. The fourth-order valence-corrected chi connectivity index (χ4v) is 2.51. The van der Waals surface area contributed by atoms with E-state index in [4.69, 9.17) is 10.8 Å². The quantitative estimate of drug-likeness (QED) is 0.725. The van der Waals surface area contributed by atoms with Crippen molar-refractivity contribution >= 4 is 11.8 Å². The lowest BCUT2D eigenvalue weighted by molar-refractivity contribution is 0.296. The number of benzene rings is 1. The number of rotatable bonds is 7. The Labute approximate surface area is 107 Å². The van der Waals surface area contributed by atoms with Gasteiger partial charge < -0.3 is 10.8 Å². The molecule has 0 amide bonds. The molecule has 0 bridgehead atoms. The molecule has 0 aliphatic heterocycles. The fraction of sp³-hybridized carbons (Fsp3) is 0.462. The lowest BCUT2D eigenvalue weighted by Crippen LogP contribution is -2.35. The van der Waals surface area contributed by atoms with E-state index in [2.05, 4.69) is 6.07 Å². The Balaban J connectivity index is 2.50. The molecule has 0 fully saturated rings. The van der Waals surface area contributed by atoms with Gasteiger partial charge in [-0.05, 0) is 29.9 Å². The zero-order chi connectivity index (χ0) is 12.6. The molecular formula is C13H18N2OS. The van der Waals surface area contributed by atoms with Crippen LogP contribution in [-0.2, 0) is 5.54 Å². The Hall–Kier alpha value is -1.02. The first-order valence-electron chi connectivity index (χ1n) is 5.67. The van der Waals surface area contributed by atoms with Gasteiger partial charge in [0.25, 0.3) is 0 Å². The van der Waals surface area contributed by atoms with Crippen molar-refractivity contribution < 1.29 is 5.11 Å². The van der Waals surface area contributed by atoms with Gasteiger partial charge in [-0.1, -0.05) is 30.3 Å². The molecule has 0 saturated carbocycles. The van der Waals surface area contributed by atoms with Crippen LogP contribution in [0.5, 0.6) is 0 Å². The summed E-state index contributed by atoms with van der Waals surface area (Å²) < 4.78 is 0. The highest BCUT2D eigenvalue weighted by molar-refractivity contribution is 7.99. The van der Waals surface area contributed by atoms with Crippen LogP contribution in [0.15, 0.2) is 30.3 Å². The number of thioether (sulfide) groups is 1. The molecule has 4 heteroatoms. The van der Waals surface area contributed by atoms with Crippen LogP contribution in [0, 0.1) is 11.3 Å². The van der Waals surface area contributed by atoms with Crippen LogP contribution >= 0.6 is 11.8 Å². The molecular weight excluding hydrogens is 232 g/mol. The van der Waals surface area contributed by atoms with Gasteiger partial charge in [-0.2, -0.15) is 17.0 Å². The molecule has 1 atom stereocenters. The van der Waals surface area contributed by atoms with E-state index < -0.39 is 5.54 Å². The van der Waals surface area contributed by atoms with Crippen LogP contribution in [0.2, 0.25) is 0 Å². The van der Waals surface area contributed by atoms with Crippen LogP contribution in [0.4, 0.5) is 0 Å². The molecule has 3 nitrogen and oxygen atoms in total. The topological polar surface area (TPSA) is 70.0 Å². The highest BCUT2D eigenvalue weighted by atomic mass is 32.2.